The summed E-state index contributed by atoms with van der Waals surface area (Å²) in [6, 6.07) is -0.134. The summed E-state index contributed by atoms with van der Waals surface area (Å²) in [5, 5.41) is 0. The maximum Gasteiger partial charge on any atom is 0.218 e. The van der Waals surface area contributed by atoms with Crippen LogP contribution in [-0.4, -0.2) is 11.9 Å². The van der Waals surface area contributed by atoms with Crippen molar-refractivity contribution in [3.05, 3.63) is 0 Å². The van der Waals surface area contributed by atoms with Crippen molar-refractivity contribution in [2.24, 2.45) is 16.9 Å². The van der Waals surface area contributed by atoms with Gasteiger partial charge in [0.15, 0.2) is 0 Å². The number of carbonyl (C=O) groups is 1. The van der Waals surface area contributed by atoms with Crippen molar-refractivity contribution in [3.8, 4) is 0 Å². The topological polar surface area (TPSA) is 69.1 Å². The van der Waals surface area contributed by atoms with Crippen LogP contribution in [0.15, 0.2) is 0 Å². The van der Waals surface area contributed by atoms with Gasteiger partial charge in [0.05, 0.1) is 0 Å². The average Bonchev–Trinajstić information content (AvgIpc) is 1.60. The smallest absolute Gasteiger partial charge is 0.218 e. The summed E-state index contributed by atoms with van der Waals surface area (Å²) in [4.78, 5) is 10.4. The number of hydrogen-bond acceptors (Lipinski definition) is 2. The molecule has 0 aromatic carbocycles. The normalized spacial score (nSPS) is 14.8. The minimum absolute atomic E-state index is 0.0327. The second-order valence-corrected chi connectivity index (χ2v) is 3.64. The van der Waals surface area contributed by atoms with Crippen LogP contribution in [0.4, 0.5) is 0 Å². The average molecular weight is 144 g/mol. The van der Waals surface area contributed by atoms with Gasteiger partial charge in [0.2, 0.25) is 5.91 Å². The van der Waals surface area contributed by atoms with E-state index in [2.05, 4.69) is 0 Å². The molecule has 0 saturated carbocycles. The summed E-state index contributed by atoms with van der Waals surface area (Å²) in [6.45, 7) is 5.96. The van der Waals surface area contributed by atoms with Crippen molar-refractivity contribution in [1.29, 1.82) is 0 Å². The van der Waals surface area contributed by atoms with Gasteiger partial charge in [-0.05, 0) is 5.41 Å². The van der Waals surface area contributed by atoms with Gasteiger partial charge in [-0.3, -0.25) is 4.79 Å². The molecule has 3 nitrogen and oxygen atoms in total. The fourth-order valence-electron chi connectivity index (χ4n) is 0.523. The van der Waals surface area contributed by atoms with Crippen LogP contribution >= 0.6 is 0 Å². The quantitative estimate of drug-likeness (QED) is 0.582. The van der Waals surface area contributed by atoms with Crippen LogP contribution in [-0.2, 0) is 4.79 Å². The first-order valence-corrected chi connectivity index (χ1v) is 3.38. The van der Waals surface area contributed by atoms with Gasteiger partial charge in [0.25, 0.3) is 0 Å². The largest absolute Gasteiger partial charge is 0.370 e. The molecular weight excluding hydrogens is 128 g/mol. The van der Waals surface area contributed by atoms with Crippen LogP contribution in [0, 0.1) is 5.41 Å². The van der Waals surface area contributed by atoms with E-state index in [0.717, 1.165) is 0 Å². The first kappa shape index (κ1) is 9.43. The summed E-state index contributed by atoms with van der Waals surface area (Å²) in [7, 11) is 0. The summed E-state index contributed by atoms with van der Waals surface area (Å²) in [6.07, 6.45) is 0.267. The Morgan fingerprint density at radius 1 is 1.50 bits per heavy atom. The molecule has 0 bridgehead atoms. The molecule has 4 N–H and O–H groups in total. The predicted octanol–water partition coefficient (Wildman–Crippen LogP) is 0.235. The minimum Gasteiger partial charge on any atom is -0.370 e. The predicted molar refractivity (Wildman–Crippen MR) is 41.2 cm³/mol. The maximum atomic E-state index is 10.4. The lowest BCUT2D eigenvalue weighted by molar-refractivity contribution is -0.118. The molecule has 0 aromatic heterocycles. The molecule has 0 aliphatic rings. The van der Waals surface area contributed by atoms with E-state index in [1.165, 1.54) is 0 Å². The Balaban J connectivity index is 3.85. The molecule has 10 heavy (non-hydrogen) atoms. The highest BCUT2D eigenvalue weighted by molar-refractivity contribution is 5.74. The number of rotatable bonds is 2. The third kappa shape index (κ3) is 3.45. The van der Waals surface area contributed by atoms with Crippen LogP contribution < -0.4 is 11.5 Å². The number of carbonyl (C=O) groups excluding carboxylic acids is 1. The maximum absolute atomic E-state index is 10.4. The van der Waals surface area contributed by atoms with E-state index in [1.807, 2.05) is 20.8 Å². The van der Waals surface area contributed by atoms with E-state index in [0.29, 0.717) is 0 Å². The number of hydrogen-bond donors (Lipinski definition) is 2. The Bertz CT molecular complexity index is 126. The zero-order valence-corrected chi connectivity index (χ0v) is 6.85. The fraction of sp³-hybridized carbons (Fsp3) is 0.857. The first-order chi connectivity index (χ1) is 4.34. The minimum atomic E-state index is -0.331. The highest BCUT2D eigenvalue weighted by Crippen LogP contribution is 2.18. The third-order valence-electron chi connectivity index (χ3n) is 1.53. The molecule has 3 heteroatoms. The van der Waals surface area contributed by atoms with Crippen LogP contribution in [0.3, 0.4) is 0 Å². The molecule has 0 spiro atoms. The monoisotopic (exact) mass is 144 g/mol. The van der Waals surface area contributed by atoms with E-state index in [4.69, 9.17) is 11.5 Å². The van der Waals surface area contributed by atoms with Crippen molar-refractivity contribution in [2.45, 2.75) is 33.2 Å². The van der Waals surface area contributed by atoms with Crippen LogP contribution in [0.5, 0.6) is 0 Å². The molecule has 0 heterocycles. The number of amides is 1. The lowest BCUT2D eigenvalue weighted by Gasteiger charge is -2.25. The van der Waals surface area contributed by atoms with Crippen molar-refractivity contribution in [2.75, 3.05) is 0 Å². The molecule has 0 aromatic rings. The molecule has 0 saturated heterocycles. The molecule has 1 atom stereocenters. The van der Waals surface area contributed by atoms with E-state index < -0.39 is 0 Å². The summed E-state index contributed by atoms with van der Waals surface area (Å²) >= 11 is 0. The molecule has 1 amide bonds. The van der Waals surface area contributed by atoms with Crippen molar-refractivity contribution in [3.63, 3.8) is 0 Å². The van der Waals surface area contributed by atoms with Crippen molar-refractivity contribution in [1.82, 2.24) is 0 Å². The Kier molecular flexibility index (Phi) is 2.84. The van der Waals surface area contributed by atoms with Crippen molar-refractivity contribution < 1.29 is 4.79 Å². The highest BCUT2D eigenvalue weighted by atomic mass is 16.1. The van der Waals surface area contributed by atoms with Gasteiger partial charge in [0, 0.05) is 12.5 Å². The highest BCUT2D eigenvalue weighted by Gasteiger charge is 2.21. The first-order valence-electron chi connectivity index (χ1n) is 3.38. The molecule has 0 aliphatic carbocycles. The van der Waals surface area contributed by atoms with Gasteiger partial charge < -0.3 is 11.5 Å². The molecule has 60 valence electrons. The molecule has 0 aliphatic heterocycles. The Morgan fingerprint density at radius 3 is 2.00 bits per heavy atom. The SMILES string of the molecule is CC(C)(C)[C@H](N)CC(N)=O. The third-order valence-corrected chi connectivity index (χ3v) is 1.53. The second-order valence-electron chi connectivity index (χ2n) is 3.64. The Hall–Kier alpha value is -0.570. The molecular formula is C7H16N2O. The molecule has 0 radical (unpaired) electrons. The summed E-state index contributed by atoms with van der Waals surface area (Å²) in [5.41, 5.74) is 10.6. The van der Waals surface area contributed by atoms with Crippen LogP contribution in [0.1, 0.15) is 27.2 Å². The second kappa shape index (κ2) is 3.01. The van der Waals surface area contributed by atoms with Gasteiger partial charge >= 0.3 is 0 Å². The van der Waals surface area contributed by atoms with E-state index in [1.54, 1.807) is 0 Å². The van der Waals surface area contributed by atoms with Crippen LogP contribution in [0.2, 0.25) is 0 Å². The Labute approximate surface area is 61.8 Å². The van der Waals surface area contributed by atoms with Gasteiger partial charge in [-0.25, -0.2) is 0 Å². The van der Waals surface area contributed by atoms with Crippen LogP contribution in [0.25, 0.3) is 0 Å². The molecule has 0 rings (SSSR count). The van der Waals surface area contributed by atoms with Gasteiger partial charge in [-0.15, -0.1) is 0 Å². The number of nitrogens with two attached hydrogens (primary N) is 2. The van der Waals surface area contributed by atoms with Gasteiger partial charge in [-0.1, -0.05) is 20.8 Å². The standard InChI is InChI=1S/C7H16N2O/c1-7(2,3)5(8)4-6(9)10/h5H,4,8H2,1-3H3,(H2,9,10)/t5-/m1/s1. The summed E-state index contributed by atoms with van der Waals surface area (Å²) in [5.74, 6) is -0.331. The molecule has 0 unspecified atom stereocenters. The van der Waals surface area contributed by atoms with E-state index >= 15 is 0 Å². The lowest BCUT2D eigenvalue weighted by Crippen LogP contribution is -2.38. The van der Waals surface area contributed by atoms with Crippen molar-refractivity contribution >= 4 is 5.91 Å². The summed E-state index contributed by atoms with van der Waals surface area (Å²) < 4.78 is 0. The van der Waals surface area contributed by atoms with Gasteiger partial charge in [-0.2, -0.15) is 0 Å². The molecule has 0 fully saturated rings. The lowest BCUT2D eigenvalue weighted by atomic mass is 9.85. The Morgan fingerprint density at radius 2 is 1.90 bits per heavy atom. The number of primary amides is 1. The fourth-order valence-corrected chi connectivity index (χ4v) is 0.523. The zero-order valence-electron chi connectivity index (χ0n) is 6.85. The van der Waals surface area contributed by atoms with Gasteiger partial charge in [0.1, 0.15) is 0 Å². The van der Waals surface area contributed by atoms with E-state index in [9.17, 15) is 4.79 Å². The van der Waals surface area contributed by atoms with E-state index in [-0.39, 0.29) is 23.8 Å². The zero-order chi connectivity index (χ0) is 8.36.